The van der Waals surface area contributed by atoms with Gasteiger partial charge in [0.1, 0.15) is 6.10 Å². The van der Waals surface area contributed by atoms with Gasteiger partial charge in [0.05, 0.1) is 12.7 Å². The first-order valence-electron chi connectivity index (χ1n) is 10.2. The van der Waals surface area contributed by atoms with E-state index in [0.717, 1.165) is 12.0 Å². The maximum atomic E-state index is 10.4. The molecule has 2 atom stereocenters. The van der Waals surface area contributed by atoms with Gasteiger partial charge in [0.2, 0.25) is 0 Å². The molecule has 0 bridgehead atoms. The van der Waals surface area contributed by atoms with Crippen LogP contribution in [0.1, 0.15) is 31.1 Å². The van der Waals surface area contributed by atoms with Crippen molar-refractivity contribution in [3.8, 4) is 0 Å². The zero-order chi connectivity index (χ0) is 20.7. The van der Waals surface area contributed by atoms with E-state index in [1.54, 1.807) is 6.08 Å². The third-order valence-electron chi connectivity index (χ3n) is 5.09. The van der Waals surface area contributed by atoms with Crippen LogP contribution < -0.4 is 5.32 Å². The zero-order valence-electron chi connectivity index (χ0n) is 17.3. The Balaban J connectivity index is 1.50. The van der Waals surface area contributed by atoms with Crippen LogP contribution in [0.2, 0.25) is 0 Å². The molecule has 3 rings (SSSR count). The molecule has 0 saturated carbocycles. The summed E-state index contributed by atoms with van der Waals surface area (Å²) in [5, 5.41) is 16.4. The van der Waals surface area contributed by atoms with Gasteiger partial charge in [-0.25, -0.2) is 0 Å². The first kappa shape index (κ1) is 21.3. The number of aliphatic hydroxyl groups excluding tert-OH is 1. The summed E-state index contributed by atoms with van der Waals surface area (Å²) >= 11 is 0. The van der Waals surface area contributed by atoms with Gasteiger partial charge in [-0.2, -0.15) is 0 Å². The Hall–Kier alpha value is -2.46. The van der Waals surface area contributed by atoms with Crippen molar-refractivity contribution in [3.63, 3.8) is 0 Å². The van der Waals surface area contributed by atoms with Crippen molar-refractivity contribution in [2.24, 2.45) is 0 Å². The van der Waals surface area contributed by atoms with E-state index in [2.05, 4.69) is 68.2 Å². The van der Waals surface area contributed by atoms with Crippen molar-refractivity contribution in [1.29, 1.82) is 0 Å². The van der Waals surface area contributed by atoms with Crippen LogP contribution >= 0.6 is 0 Å². The van der Waals surface area contributed by atoms with Gasteiger partial charge in [-0.3, -0.25) is 0 Å². The minimum Gasteiger partial charge on any atom is -0.389 e. The number of β-amino-alcohol motifs (C(OH)–C–C–N with tert-alkyl or cyclic N) is 1. The fraction of sp³-hybridized carbons (Fsp3) is 0.308. The lowest BCUT2D eigenvalue weighted by Gasteiger charge is -2.28. The second-order valence-electron chi connectivity index (χ2n) is 8.18. The lowest BCUT2D eigenvalue weighted by Crippen LogP contribution is -2.46. The molecule has 0 amide bonds. The molecule has 0 heterocycles. The van der Waals surface area contributed by atoms with Gasteiger partial charge in [-0.15, -0.1) is 6.58 Å². The number of ether oxygens (including phenoxy) is 1. The number of benzene rings is 3. The van der Waals surface area contributed by atoms with Crippen LogP contribution in [0.25, 0.3) is 10.8 Å². The smallest absolute Gasteiger partial charge is 0.100 e. The Morgan fingerprint density at radius 1 is 1.00 bits per heavy atom. The topological polar surface area (TPSA) is 41.5 Å². The average molecular weight is 390 g/mol. The predicted molar refractivity (Wildman–Crippen MR) is 121 cm³/mol. The number of rotatable bonds is 10. The van der Waals surface area contributed by atoms with Crippen LogP contribution in [0.3, 0.4) is 0 Å². The van der Waals surface area contributed by atoms with Gasteiger partial charge in [0.25, 0.3) is 0 Å². The number of hydrogen-bond donors (Lipinski definition) is 2. The molecule has 0 spiro atoms. The number of hydrogen-bond acceptors (Lipinski definition) is 3. The summed E-state index contributed by atoms with van der Waals surface area (Å²) in [7, 11) is 0. The van der Waals surface area contributed by atoms with E-state index in [0.29, 0.717) is 6.54 Å². The Labute approximate surface area is 174 Å². The van der Waals surface area contributed by atoms with Gasteiger partial charge >= 0.3 is 0 Å². The lowest BCUT2D eigenvalue weighted by atomic mass is 9.93. The van der Waals surface area contributed by atoms with Crippen LogP contribution in [0.4, 0.5) is 0 Å². The summed E-state index contributed by atoms with van der Waals surface area (Å²) in [5.41, 5.74) is 2.18. The molecule has 2 N–H and O–H groups in total. The number of nitrogens with one attached hydrogen (secondary N) is 1. The summed E-state index contributed by atoms with van der Waals surface area (Å²) < 4.78 is 5.86. The molecule has 29 heavy (non-hydrogen) atoms. The molecule has 0 aliphatic carbocycles. The zero-order valence-corrected chi connectivity index (χ0v) is 17.3. The van der Waals surface area contributed by atoms with Gasteiger partial charge in [0.15, 0.2) is 0 Å². The van der Waals surface area contributed by atoms with E-state index >= 15 is 0 Å². The lowest BCUT2D eigenvalue weighted by molar-refractivity contribution is 0.00711. The molecule has 0 aromatic heterocycles. The van der Waals surface area contributed by atoms with E-state index in [-0.39, 0.29) is 18.2 Å². The Morgan fingerprint density at radius 3 is 2.41 bits per heavy atom. The van der Waals surface area contributed by atoms with E-state index < -0.39 is 6.10 Å². The standard InChI is InChI=1S/C26H31NO2/c1-4-25(22-11-6-5-7-12-22)29-19-24(28)18-27-26(2,3)17-20-14-15-21-10-8-9-13-23(21)16-20/h4-16,24-25,27-28H,1,17-19H2,2-3H3/t24-,25?/m1/s1. The largest absolute Gasteiger partial charge is 0.389 e. The SMILES string of the molecule is C=CC(OC[C@H](O)CNC(C)(C)Cc1ccc2ccccc2c1)c1ccccc1. The monoisotopic (exact) mass is 389 g/mol. The van der Waals surface area contributed by atoms with Crippen LogP contribution in [-0.4, -0.2) is 29.9 Å². The summed E-state index contributed by atoms with van der Waals surface area (Å²) in [6, 6.07) is 24.9. The van der Waals surface area contributed by atoms with Crippen molar-refractivity contribution >= 4 is 10.8 Å². The van der Waals surface area contributed by atoms with E-state index in [1.807, 2.05) is 30.3 Å². The molecule has 3 aromatic rings. The molecule has 3 heteroatoms. The third-order valence-corrected chi connectivity index (χ3v) is 5.09. The fourth-order valence-corrected chi connectivity index (χ4v) is 3.53. The molecule has 3 aromatic carbocycles. The first-order chi connectivity index (χ1) is 14.0. The molecule has 1 unspecified atom stereocenters. The summed E-state index contributed by atoms with van der Waals surface area (Å²) in [6.45, 7) is 8.89. The molecular formula is C26H31NO2. The Kier molecular flexibility index (Phi) is 7.21. The Bertz CT molecular complexity index is 920. The maximum absolute atomic E-state index is 10.4. The summed E-state index contributed by atoms with van der Waals surface area (Å²) in [6.07, 6.45) is 1.85. The number of aliphatic hydroxyl groups is 1. The third kappa shape index (κ3) is 6.26. The van der Waals surface area contributed by atoms with Crippen molar-refractivity contribution < 1.29 is 9.84 Å². The highest BCUT2D eigenvalue weighted by molar-refractivity contribution is 5.83. The van der Waals surface area contributed by atoms with Crippen molar-refractivity contribution in [3.05, 3.63) is 96.6 Å². The van der Waals surface area contributed by atoms with E-state index in [9.17, 15) is 5.11 Å². The fourth-order valence-electron chi connectivity index (χ4n) is 3.53. The summed E-state index contributed by atoms with van der Waals surface area (Å²) in [4.78, 5) is 0. The van der Waals surface area contributed by atoms with Crippen LogP contribution in [0, 0.1) is 0 Å². The molecule has 0 saturated heterocycles. The highest BCUT2D eigenvalue weighted by Crippen LogP contribution is 2.20. The Morgan fingerprint density at radius 2 is 1.69 bits per heavy atom. The summed E-state index contributed by atoms with van der Waals surface area (Å²) in [5.74, 6) is 0. The molecule has 3 nitrogen and oxygen atoms in total. The first-order valence-corrected chi connectivity index (χ1v) is 10.2. The molecule has 0 aliphatic rings. The second kappa shape index (κ2) is 9.84. The van der Waals surface area contributed by atoms with Gasteiger partial charge < -0.3 is 15.2 Å². The molecule has 0 aliphatic heterocycles. The minimum absolute atomic E-state index is 0.138. The van der Waals surface area contributed by atoms with E-state index in [4.69, 9.17) is 4.74 Å². The normalized spacial score (nSPS) is 13.9. The molecular weight excluding hydrogens is 358 g/mol. The van der Waals surface area contributed by atoms with Gasteiger partial charge in [0, 0.05) is 12.1 Å². The highest BCUT2D eigenvalue weighted by Gasteiger charge is 2.20. The van der Waals surface area contributed by atoms with Crippen LogP contribution in [0.5, 0.6) is 0 Å². The molecule has 0 fully saturated rings. The van der Waals surface area contributed by atoms with Gasteiger partial charge in [-0.05, 0) is 42.2 Å². The molecule has 152 valence electrons. The minimum atomic E-state index is -0.586. The predicted octanol–water partition coefficient (Wildman–Crippen LogP) is 5.06. The van der Waals surface area contributed by atoms with Gasteiger partial charge in [-0.1, -0.05) is 78.9 Å². The average Bonchev–Trinajstić information content (AvgIpc) is 2.73. The van der Waals surface area contributed by atoms with Crippen LogP contribution in [-0.2, 0) is 11.2 Å². The van der Waals surface area contributed by atoms with Crippen molar-refractivity contribution in [1.82, 2.24) is 5.32 Å². The molecule has 0 radical (unpaired) electrons. The second-order valence-corrected chi connectivity index (χ2v) is 8.18. The van der Waals surface area contributed by atoms with E-state index in [1.165, 1.54) is 16.3 Å². The quantitative estimate of drug-likeness (QED) is 0.477. The maximum Gasteiger partial charge on any atom is 0.100 e. The highest BCUT2D eigenvalue weighted by atomic mass is 16.5. The van der Waals surface area contributed by atoms with Crippen molar-refractivity contribution in [2.45, 2.75) is 38.0 Å². The van der Waals surface area contributed by atoms with Crippen molar-refractivity contribution in [2.75, 3.05) is 13.2 Å². The van der Waals surface area contributed by atoms with Crippen LogP contribution in [0.15, 0.2) is 85.5 Å². The number of fused-ring (bicyclic) bond motifs is 1.